The van der Waals surface area contributed by atoms with Gasteiger partial charge in [-0.1, -0.05) is 6.92 Å². The maximum Gasteiger partial charge on any atom is 0.356 e. The van der Waals surface area contributed by atoms with Crippen molar-refractivity contribution in [2.24, 2.45) is 0 Å². The second kappa shape index (κ2) is 5.03. The number of carboxylic acid groups (broad SMARTS) is 1. The van der Waals surface area contributed by atoms with E-state index in [1.807, 2.05) is 16.9 Å². The number of hydrogen-bond donors (Lipinski definition) is 1. The number of nitrogens with zero attached hydrogens (tertiary/aromatic N) is 4. The molecule has 0 spiro atoms. The van der Waals surface area contributed by atoms with Crippen molar-refractivity contribution < 1.29 is 9.90 Å². The van der Waals surface area contributed by atoms with Gasteiger partial charge in [-0.3, -0.25) is 9.36 Å². The minimum absolute atomic E-state index is 0.0522. The lowest BCUT2D eigenvalue weighted by Crippen LogP contribution is -2.07. The number of carboxylic acids is 1. The van der Waals surface area contributed by atoms with Gasteiger partial charge in [-0.25, -0.2) is 4.79 Å². The molecule has 0 saturated carbocycles. The molecule has 2 rings (SSSR count). The van der Waals surface area contributed by atoms with E-state index >= 15 is 0 Å². The van der Waals surface area contributed by atoms with Crippen LogP contribution in [-0.2, 0) is 6.54 Å². The summed E-state index contributed by atoms with van der Waals surface area (Å²) in [6.45, 7) is 4.70. The predicted octanol–water partition coefficient (Wildman–Crippen LogP) is 1.80. The molecular formula is C12H16N4O2. The second-order valence-corrected chi connectivity index (χ2v) is 4.25. The Bertz CT molecular complexity index is 544. The van der Waals surface area contributed by atoms with Crippen molar-refractivity contribution in [1.82, 2.24) is 19.6 Å². The van der Waals surface area contributed by atoms with Gasteiger partial charge in [-0.2, -0.15) is 10.2 Å². The number of hydrogen-bond acceptors (Lipinski definition) is 3. The number of aromatic carboxylic acids is 1. The molecule has 0 saturated heterocycles. The molecule has 0 aliphatic carbocycles. The molecule has 0 aliphatic heterocycles. The van der Waals surface area contributed by atoms with E-state index in [1.54, 1.807) is 10.9 Å². The summed E-state index contributed by atoms with van der Waals surface area (Å²) < 4.78 is 3.49. The van der Waals surface area contributed by atoms with Crippen molar-refractivity contribution in [3.8, 4) is 0 Å². The summed E-state index contributed by atoms with van der Waals surface area (Å²) in [6, 6.07) is 3.77. The second-order valence-electron chi connectivity index (χ2n) is 4.25. The first-order valence-corrected chi connectivity index (χ1v) is 5.91. The molecule has 1 unspecified atom stereocenters. The van der Waals surface area contributed by atoms with Gasteiger partial charge in [0.1, 0.15) is 0 Å². The van der Waals surface area contributed by atoms with Crippen LogP contribution in [0.4, 0.5) is 0 Å². The summed E-state index contributed by atoms with van der Waals surface area (Å²) in [5.74, 6) is -1.01. The van der Waals surface area contributed by atoms with Crippen LogP contribution in [0, 0.1) is 0 Å². The third kappa shape index (κ3) is 2.58. The lowest BCUT2D eigenvalue weighted by Gasteiger charge is -2.08. The Morgan fingerprint density at radius 2 is 2.17 bits per heavy atom. The standard InChI is InChI=1S/C12H16N4O2/c1-3-9(2)16-7-4-10(13-16)8-15-6-5-11(14-15)12(17)18/h4-7,9H,3,8H2,1-2H3,(H,17,18). The van der Waals surface area contributed by atoms with E-state index in [2.05, 4.69) is 24.0 Å². The molecule has 1 atom stereocenters. The largest absolute Gasteiger partial charge is 0.476 e. The first kappa shape index (κ1) is 12.3. The maximum atomic E-state index is 10.7. The number of rotatable bonds is 5. The molecule has 0 bridgehead atoms. The van der Waals surface area contributed by atoms with Crippen molar-refractivity contribution in [3.05, 3.63) is 35.9 Å². The zero-order valence-electron chi connectivity index (χ0n) is 10.4. The topological polar surface area (TPSA) is 72.9 Å². The van der Waals surface area contributed by atoms with E-state index < -0.39 is 5.97 Å². The first-order chi connectivity index (χ1) is 8.60. The van der Waals surface area contributed by atoms with E-state index in [4.69, 9.17) is 5.11 Å². The quantitative estimate of drug-likeness (QED) is 0.875. The summed E-state index contributed by atoms with van der Waals surface area (Å²) in [5.41, 5.74) is 0.923. The zero-order chi connectivity index (χ0) is 13.1. The van der Waals surface area contributed by atoms with Crippen molar-refractivity contribution in [1.29, 1.82) is 0 Å². The summed E-state index contributed by atoms with van der Waals surface area (Å²) in [5, 5.41) is 17.2. The number of aromatic nitrogens is 4. The van der Waals surface area contributed by atoms with Gasteiger partial charge in [0.15, 0.2) is 5.69 Å². The van der Waals surface area contributed by atoms with Crippen LogP contribution in [0.15, 0.2) is 24.5 Å². The molecule has 0 aliphatic rings. The Morgan fingerprint density at radius 1 is 1.39 bits per heavy atom. The van der Waals surface area contributed by atoms with Crippen LogP contribution < -0.4 is 0 Å². The molecular weight excluding hydrogens is 232 g/mol. The predicted molar refractivity (Wildman–Crippen MR) is 65.5 cm³/mol. The summed E-state index contributed by atoms with van der Waals surface area (Å²) in [4.78, 5) is 10.7. The monoisotopic (exact) mass is 248 g/mol. The Balaban J connectivity index is 2.08. The van der Waals surface area contributed by atoms with Crippen LogP contribution in [0.1, 0.15) is 42.5 Å². The molecule has 6 heteroatoms. The van der Waals surface area contributed by atoms with Crippen LogP contribution in [0.25, 0.3) is 0 Å². The van der Waals surface area contributed by atoms with Gasteiger partial charge in [-0.05, 0) is 25.5 Å². The fraction of sp³-hybridized carbons (Fsp3) is 0.417. The van der Waals surface area contributed by atoms with E-state index in [0.717, 1.165) is 12.1 Å². The highest BCUT2D eigenvalue weighted by Gasteiger charge is 2.09. The number of carbonyl (C=O) groups is 1. The van der Waals surface area contributed by atoms with Gasteiger partial charge in [-0.15, -0.1) is 0 Å². The van der Waals surface area contributed by atoms with Gasteiger partial charge in [0.2, 0.25) is 0 Å². The molecule has 2 aromatic rings. The van der Waals surface area contributed by atoms with E-state index in [-0.39, 0.29) is 5.69 Å². The molecule has 0 amide bonds. The van der Waals surface area contributed by atoms with Crippen molar-refractivity contribution in [2.75, 3.05) is 0 Å². The van der Waals surface area contributed by atoms with E-state index in [1.165, 1.54) is 6.07 Å². The van der Waals surface area contributed by atoms with Crippen LogP contribution in [-0.4, -0.2) is 30.6 Å². The zero-order valence-corrected chi connectivity index (χ0v) is 10.4. The van der Waals surface area contributed by atoms with Crippen molar-refractivity contribution in [2.45, 2.75) is 32.9 Å². The molecule has 1 N–H and O–H groups in total. The van der Waals surface area contributed by atoms with E-state index in [9.17, 15) is 4.79 Å². The van der Waals surface area contributed by atoms with Gasteiger partial charge in [0.25, 0.3) is 0 Å². The first-order valence-electron chi connectivity index (χ1n) is 5.91. The van der Waals surface area contributed by atoms with Gasteiger partial charge >= 0.3 is 5.97 Å². The lowest BCUT2D eigenvalue weighted by atomic mass is 10.3. The molecule has 0 fully saturated rings. The highest BCUT2D eigenvalue weighted by atomic mass is 16.4. The van der Waals surface area contributed by atoms with E-state index in [0.29, 0.717) is 12.6 Å². The smallest absolute Gasteiger partial charge is 0.356 e. The minimum Gasteiger partial charge on any atom is -0.476 e. The summed E-state index contributed by atoms with van der Waals surface area (Å²) in [7, 11) is 0. The fourth-order valence-electron chi connectivity index (χ4n) is 1.62. The normalized spacial score (nSPS) is 12.6. The van der Waals surface area contributed by atoms with Crippen LogP contribution >= 0.6 is 0 Å². The average Bonchev–Trinajstić information content (AvgIpc) is 2.98. The highest BCUT2D eigenvalue weighted by Crippen LogP contribution is 2.10. The fourth-order valence-corrected chi connectivity index (χ4v) is 1.62. The Morgan fingerprint density at radius 3 is 2.78 bits per heavy atom. The Hall–Kier alpha value is -2.11. The van der Waals surface area contributed by atoms with Crippen LogP contribution in [0.2, 0.25) is 0 Å². The SMILES string of the molecule is CCC(C)n1ccc(Cn2ccc(C(=O)O)n2)n1. The summed E-state index contributed by atoms with van der Waals surface area (Å²) in [6.07, 6.45) is 4.60. The minimum atomic E-state index is -1.01. The van der Waals surface area contributed by atoms with Crippen molar-refractivity contribution >= 4 is 5.97 Å². The summed E-state index contributed by atoms with van der Waals surface area (Å²) >= 11 is 0. The van der Waals surface area contributed by atoms with Gasteiger partial charge in [0.05, 0.1) is 12.2 Å². The highest BCUT2D eigenvalue weighted by molar-refractivity contribution is 5.85. The molecule has 2 aromatic heterocycles. The molecule has 96 valence electrons. The average molecular weight is 248 g/mol. The maximum absolute atomic E-state index is 10.7. The van der Waals surface area contributed by atoms with Crippen LogP contribution in [0.5, 0.6) is 0 Å². The van der Waals surface area contributed by atoms with Gasteiger partial charge < -0.3 is 5.11 Å². The molecule has 0 radical (unpaired) electrons. The van der Waals surface area contributed by atoms with Crippen LogP contribution in [0.3, 0.4) is 0 Å². The van der Waals surface area contributed by atoms with Gasteiger partial charge in [0, 0.05) is 18.4 Å². The molecule has 0 aromatic carbocycles. The molecule has 18 heavy (non-hydrogen) atoms. The molecule has 6 nitrogen and oxygen atoms in total. The van der Waals surface area contributed by atoms with Crippen molar-refractivity contribution in [3.63, 3.8) is 0 Å². The lowest BCUT2D eigenvalue weighted by molar-refractivity contribution is 0.0689. The Kier molecular flexibility index (Phi) is 3.45. The molecule has 2 heterocycles. The Labute approximate surface area is 105 Å². The third-order valence-electron chi connectivity index (χ3n) is 2.89. The third-order valence-corrected chi connectivity index (χ3v) is 2.89.